The Morgan fingerprint density at radius 2 is 2.00 bits per heavy atom. The van der Waals surface area contributed by atoms with Crippen molar-refractivity contribution >= 4 is 17.6 Å². The third-order valence-electron chi connectivity index (χ3n) is 3.91. The average Bonchev–Trinajstić information content (AvgIpc) is 3.05. The van der Waals surface area contributed by atoms with Gasteiger partial charge in [-0.05, 0) is 12.1 Å². The Labute approximate surface area is 124 Å². The number of hydrogen-bond acceptors (Lipinski definition) is 5. The maximum absolute atomic E-state index is 12.4. The van der Waals surface area contributed by atoms with Gasteiger partial charge in [-0.2, -0.15) is 0 Å². The number of nitrogen functional groups attached to an aromatic ring is 1. The highest BCUT2D eigenvalue weighted by Crippen LogP contribution is 2.32. The third-order valence-corrected chi connectivity index (χ3v) is 3.91. The Morgan fingerprint density at radius 1 is 1.18 bits per heavy atom. The number of aromatic nitrogens is 1. The molecule has 22 heavy (non-hydrogen) atoms. The number of benzene rings is 1. The van der Waals surface area contributed by atoms with Crippen molar-refractivity contribution in [1.82, 2.24) is 9.88 Å². The van der Waals surface area contributed by atoms with Gasteiger partial charge in [0.1, 0.15) is 11.6 Å². The zero-order valence-corrected chi connectivity index (χ0v) is 11.4. The van der Waals surface area contributed by atoms with Gasteiger partial charge >= 0.3 is 0 Å². The summed E-state index contributed by atoms with van der Waals surface area (Å²) in [6.07, 6.45) is 0.652. The molecule has 7 nitrogen and oxygen atoms in total. The number of fused-ring (bicyclic) bond motifs is 2. The monoisotopic (exact) mass is 297 g/mol. The molecular formula is C15H11N3O4. The van der Waals surface area contributed by atoms with Crippen LogP contribution in [0, 0.1) is 0 Å². The second kappa shape index (κ2) is 4.20. The molecule has 0 saturated carbocycles. The van der Waals surface area contributed by atoms with E-state index in [0.717, 1.165) is 11.6 Å². The molecule has 1 aromatic carbocycles. The van der Waals surface area contributed by atoms with Gasteiger partial charge in [0.15, 0.2) is 0 Å². The van der Waals surface area contributed by atoms with Gasteiger partial charge in [0.05, 0.1) is 23.4 Å². The number of carbonyl (C=O) groups excluding carboxylic acids is 2. The molecule has 3 N–H and O–H groups in total. The van der Waals surface area contributed by atoms with Gasteiger partial charge in [-0.1, -0.05) is 6.07 Å². The second-order valence-electron chi connectivity index (χ2n) is 5.13. The van der Waals surface area contributed by atoms with Gasteiger partial charge in [0.2, 0.25) is 0 Å². The quantitative estimate of drug-likeness (QED) is 0.734. The zero-order valence-electron chi connectivity index (χ0n) is 11.4. The van der Waals surface area contributed by atoms with Gasteiger partial charge in [0, 0.05) is 18.1 Å². The summed E-state index contributed by atoms with van der Waals surface area (Å²) in [5, 5.41) is 2.15. The minimum Gasteiger partial charge on any atom is -0.493 e. The largest absolute Gasteiger partial charge is 0.493 e. The van der Waals surface area contributed by atoms with Crippen molar-refractivity contribution < 1.29 is 14.3 Å². The van der Waals surface area contributed by atoms with E-state index >= 15 is 0 Å². The standard InChI is InChI=1S/C15H11N3O4/c16-13-12-8(14(20)17-15(12)21)6-11(19)18(13)9-2-1-3-10-7(9)4-5-22-10/h1-3,6H,4-5,16H2,(H,17,20,21). The lowest BCUT2D eigenvalue weighted by Gasteiger charge is -2.14. The van der Waals surface area contributed by atoms with Crippen LogP contribution in [0.5, 0.6) is 5.75 Å². The van der Waals surface area contributed by atoms with Crippen molar-refractivity contribution in [2.75, 3.05) is 12.3 Å². The molecule has 0 unspecified atom stereocenters. The molecule has 4 rings (SSSR count). The lowest BCUT2D eigenvalue weighted by molar-refractivity contribution is 0.0880. The molecule has 0 fully saturated rings. The number of imide groups is 1. The van der Waals surface area contributed by atoms with Crippen molar-refractivity contribution in [1.29, 1.82) is 0 Å². The first-order chi connectivity index (χ1) is 10.6. The van der Waals surface area contributed by atoms with Crippen LogP contribution in [0.4, 0.5) is 5.82 Å². The number of nitrogens with one attached hydrogen (secondary N) is 1. The number of nitrogens with zero attached hydrogens (tertiary/aromatic N) is 1. The number of ether oxygens (including phenoxy) is 1. The average molecular weight is 297 g/mol. The molecule has 0 radical (unpaired) electrons. The molecule has 2 aliphatic heterocycles. The van der Waals surface area contributed by atoms with E-state index in [9.17, 15) is 14.4 Å². The molecule has 0 spiro atoms. The van der Waals surface area contributed by atoms with E-state index in [1.807, 2.05) is 6.07 Å². The van der Waals surface area contributed by atoms with Crippen LogP contribution >= 0.6 is 0 Å². The Bertz CT molecular complexity index is 914. The minimum absolute atomic E-state index is 0.0209. The lowest BCUT2D eigenvalue weighted by Crippen LogP contribution is -2.24. The Morgan fingerprint density at radius 3 is 2.82 bits per heavy atom. The number of amides is 2. The maximum atomic E-state index is 12.4. The van der Waals surface area contributed by atoms with E-state index in [1.54, 1.807) is 12.1 Å². The SMILES string of the molecule is Nc1c2c(cc(=O)n1-c1cccc3c1CCO3)C(=O)NC2=O. The number of nitrogens with two attached hydrogens (primary N) is 1. The summed E-state index contributed by atoms with van der Waals surface area (Å²) in [6, 6.07) is 6.45. The number of carbonyl (C=O) groups is 2. The molecule has 2 aliphatic rings. The van der Waals surface area contributed by atoms with E-state index in [2.05, 4.69) is 5.32 Å². The van der Waals surface area contributed by atoms with Crippen LogP contribution in [-0.4, -0.2) is 23.0 Å². The van der Waals surface area contributed by atoms with Gasteiger partial charge in [0.25, 0.3) is 17.4 Å². The second-order valence-corrected chi connectivity index (χ2v) is 5.13. The summed E-state index contributed by atoms with van der Waals surface area (Å²) >= 11 is 0. The number of hydrogen-bond donors (Lipinski definition) is 2. The summed E-state index contributed by atoms with van der Waals surface area (Å²) in [4.78, 5) is 35.9. The van der Waals surface area contributed by atoms with Gasteiger partial charge < -0.3 is 10.5 Å². The van der Waals surface area contributed by atoms with Crippen LogP contribution in [0.3, 0.4) is 0 Å². The van der Waals surface area contributed by atoms with Gasteiger partial charge in [-0.3, -0.25) is 24.3 Å². The van der Waals surface area contributed by atoms with Crippen molar-refractivity contribution in [2.24, 2.45) is 0 Å². The van der Waals surface area contributed by atoms with Crippen LogP contribution in [0.2, 0.25) is 0 Å². The van der Waals surface area contributed by atoms with Gasteiger partial charge in [-0.15, -0.1) is 0 Å². The van der Waals surface area contributed by atoms with Gasteiger partial charge in [-0.25, -0.2) is 0 Å². The zero-order chi connectivity index (χ0) is 15.4. The summed E-state index contributed by atoms with van der Waals surface area (Å²) < 4.78 is 6.74. The van der Waals surface area contributed by atoms with Crippen LogP contribution in [0.25, 0.3) is 5.69 Å². The fourth-order valence-electron chi connectivity index (χ4n) is 2.94. The number of anilines is 1. The molecule has 2 amide bonds. The normalized spacial score (nSPS) is 15.3. The summed E-state index contributed by atoms with van der Waals surface area (Å²) in [5.41, 5.74) is 7.07. The summed E-state index contributed by atoms with van der Waals surface area (Å²) in [6.45, 7) is 0.533. The first-order valence-corrected chi connectivity index (χ1v) is 6.74. The molecule has 0 saturated heterocycles. The first kappa shape index (κ1) is 12.6. The Kier molecular flexibility index (Phi) is 2.41. The Balaban J connectivity index is 2.05. The van der Waals surface area contributed by atoms with Crippen LogP contribution in [-0.2, 0) is 6.42 Å². The van der Waals surface area contributed by atoms with E-state index in [1.165, 1.54) is 4.57 Å². The third kappa shape index (κ3) is 1.53. The fourth-order valence-corrected chi connectivity index (χ4v) is 2.94. The van der Waals surface area contributed by atoms with Crippen LogP contribution in [0.15, 0.2) is 29.1 Å². The predicted molar refractivity (Wildman–Crippen MR) is 77.4 cm³/mol. The van der Waals surface area contributed by atoms with E-state index in [4.69, 9.17) is 10.5 Å². The molecule has 110 valence electrons. The minimum atomic E-state index is -0.599. The molecule has 1 aromatic heterocycles. The van der Waals surface area contributed by atoms with E-state index in [-0.39, 0.29) is 16.9 Å². The van der Waals surface area contributed by atoms with Crippen LogP contribution in [0.1, 0.15) is 26.3 Å². The molecule has 0 atom stereocenters. The van der Waals surface area contributed by atoms with Crippen molar-refractivity contribution in [2.45, 2.75) is 6.42 Å². The van der Waals surface area contributed by atoms with Crippen molar-refractivity contribution in [3.63, 3.8) is 0 Å². The smallest absolute Gasteiger partial charge is 0.262 e. The number of rotatable bonds is 1. The molecule has 3 heterocycles. The summed E-state index contributed by atoms with van der Waals surface area (Å²) in [7, 11) is 0. The lowest BCUT2D eigenvalue weighted by atomic mass is 10.1. The van der Waals surface area contributed by atoms with E-state index in [0.29, 0.717) is 24.5 Å². The molecular weight excluding hydrogens is 286 g/mol. The molecule has 0 bridgehead atoms. The highest BCUT2D eigenvalue weighted by molar-refractivity contribution is 6.23. The fraction of sp³-hybridized carbons (Fsp3) is 0.133. The first-order valence-electron chi connectivity index (χ1n) is 6.74. The topological polar surface area (TPSA) is 103 Å². The highest BCUT2D eigenvalue weighted by Gasteiger charge is 2.32. The van der Waals surface area contributed by atoms with Crippen LogP contribution < -0.4 is 21.3 Å². The highest BCUT2D eigenvalue weighted by atomic mass is 16.5. The number of pyridine rings is 1. The van der Waals surface area contributed by atoms with Crippen molar-refractivity contribution in [3.8, 4) is 11.4 Å². The predicted octanol–water partition coefficient (Wildman–Crippen LogP) is 0.238. The summed E-state index contributed by atoms with van der Waals surface area (Å²) in [5.74, 6) is -0.524. The molecule has 2 aromatic rings. The maximum Gasteiger partial charge on any atom is 0.262 e. The molecule has 0 aliphatic carbocycles. The molecule has 7 heteroatoms. The van der Waals surface area contributed by atoms with Crippen molar-refractivity contribution in [3.05, 3.63) is 51.3 Å². The Hall–Kier alpha value is -3.09. The van der Waals surface area contributed by atoms with E-state index < -0.39 is 17.4 Å².